The van der Waals surface area contributed by atoms with Gasteiger partial charge in [-0.15, -0.1) is 0 Å². The number of rotatable bonds is 5. The van der Waals surface area contributed by atoms with Crippen LogP contribution in [0.2, 0.25) is 0 Å². The van der Waals surface area contributed by atoms with Gasteiger partial charge in [0, 0.05) is 58.1 Å². The van der Waals surface area contributed by atoms with Crippen molar-refractivity contribution in [3.8, 4) is 22.6 Å². The molecule has 5 aromatic carbocycles. The Morgan fingerprint density at radius 1 is 0.696 bits per heavy atom. The summed E-state index contributed by atoms with van der Waals surface area (Å²) in [6.45, 7) is 11.5. The Labute approximate surface area is 337 Å². The van der Waals surface area contributed by atoms with E-state index >= 15 is 0 Å². The number of benzene rings is 5. The van der Waals surface area contributed by atoms with Gasteiger partial charge in [0.15, 0.2) is 10.5 Å². The number of ether oxygens (including phenoxy) is 2. The summed E-state index contributed by atoms with van der Waals surface area (Å²) in [4.78, 5) is 3.47. The first kappa shape index (κ1) is 35.0. The minimum Gasteiger partial charge on any atom is -0.475 e. The molecule has 0 bridgehead atoms. The Morgan fingerprint density at radius 3 is 2.09 bits per heavy atom. The molecule has 3 nitrogen and oxygen atoms in total. The minimum atomic E-state index is -0.777. The molecule has 56 heavy (non-hydrogen) atoms. The van der Waals surface area contributed by atoms with Crippen LogP contribution in [0.15, 0.2) is 102 Å². The van der Waals surface area contributed by atoms with E-state index in [0.29, 0.717) is 11.8 Å². The lowest BCUT2D eigenvalue weighted by Crippen LogP contribution is -2.40. The summed E-state index contributed by atoms with van der Waals surface area (Å²) >= 11 is 1.92. The number of hydrogen-bond acceptors (Lipinski definition) is 4. The number of thioether (sulfide) groups is 1. The molecule has 0 N–H and O–H groups in total. The number of piperidine rings is 1. The second-order valence-corrected chi connectivity index (χ2v) is 19.8. The number of nitrogens with zero attached hydrogens (tertiary/aromatic N) is 1. The molecule has 3 atom stereocenters. The quantitative estimate of drug-likeness (QED) is 0.178. The second kappa shape index (κ2) is 12.9. The van der Waals surface area contributed by atoms with E-state index in [1.165, 1.54) is 113 Å². The normalized spacial score (nSPS) is 26.9. The van der Waals surface area contributed by atoms with E-state index in [2.05, 4.69) is 136 Å². The van der Waals surface area contributed by atoms with Crippen LogP contribution in [0.1, 0.15) is 113 Å². The van der Waals surface area contributed by atoms with Gasteiger partial charge in [0.2, 0.25) is 0 Å². The van der Waals surface area contributed by atoms with Crippen molar-refractivity contribution < 1.29 is 9.47 Å². The number of anilines is 1. The maximum atomic E-state index is 7.89. The van der Waals surface area contributed by atoms with Crippen LogP contribution in [0.3, 0.4) is 0 Å². The molecule has 11 rings (SSSR count). The Balaban J connectivity index is 1.17. The zero-order valence-electron chi connectivity index (χ0n) is 33.6. The Bertz CT molecular complexity index is 2350. The summed E-state index contributed by atoms with van der Waals surface area (Å²) in [6.07, 6.45) is 16.7. The number of hydrogen-bond donors (Lipinski definition) is 0. The third-order valence-electron chi connectivity index (χ3n) is 15.0. The van der Waals surface area contributed by atoms with Crippen LogP contribution in [0.25, 0.3) is 28.0 Å². The predicted octanol–water partition coefficient (Wildman–Crippen LogP) is 13.5. The van der Waals surface area contributed by atoms with E-state index in [4.69, 9.17) is 9.47 Å². The maximum Gasteiger partial charge on any atom is 0.178 e. The van der Waals surface area contributed by atoms with E-state index < -0.39 is 5.60 Å². The van der Waals surface area contributed by atoms with Crippen LogP contribution < -0.4 is 14.4 Å². The molecule has 1 saturated heterocycles. The van der Waals surface area contributed by atoms with E-state index in [0.717, 1.165) is 42.0 Å². The summed E-state index contributed by atoms with van der Waals surface area (Å²) < 4.78 is 15.0. The van der Waals surface area contributed by atoms with Gasteiger partial charge in [-0.2, -0.15) is 0 Å². The van der Waals surface area contributed by atoms with Crippen LogP contribution in [0.4, 0.5) is 5.69 Å². The van der Waals surface area contributed by atoms with Crippen molar-refractivity contribution in [2.45, 2.75) is 106 Å². The highest BCUT2D eigenvalue weighted by molar-refractivity contribution is 8.01. The molecule has 6 aliphatic rings. The summed E-state index contributed by atoms with van der Waals surface area (Å²) in [5.74, 6) is 4.32. The molecule has 3 aliphatic carbocycles. The van der Waals surface area contributed by atoms with Gasteiger partial charge in [0.1, 0.15) is 11.5 Å². The molecule has 5 aromatic rings. The van der Waals surface area contributed by atoms with E-state index in [1.807, 2.05) is 11.8 Å². The van der Waals surface area contributed by atoms with Crippen LogP contribution in [0, 0.1) is 23.7 Å². The van der Waals surface area contributed by atoms with Crippen LogP contribution in [-0.2, 0) is 11.0 Å². The summed E-state index contributed by atoms with van der Waals surface area (Å²) in [5, 5.41) is 2.48. The van der Waals surface area contributed by atoms with Gasteiger partial charge in [-0.05, 0) is 102 Å². The summed E-state index contributed by atoms with van der Waals surface area (Å²) in [7, 11) is 0. The maximum absolute atomic E-state index is 7.89. The lowest BCUT2D eigenvalue weighted by Gasteiger charge is -2.39. The highest BCUT2D eigenvalue weighted by Gasteiger charge is 2.55. The SMILES string of the molecule is CC(C)C1(C(C)C)Oc2cc3c4c(c5c(c3cc2S1)OC(c1ccccc1)(c1ccc(N2CCCCC2)cc1)C=C5)C1(CC2CCCCC2C1)c1ccccc1-4. The molecular formula is C52H55NO2S. The first-order valence-electron chi connectivity index (χ1n) is 21.8. The molecule has 0 amide bonds. The first-order chi connectivity index (χ1) is 27.3. The van der Waals surface area contributed by atoms with E-state index in [1.54, 1.807) is 0 Å². The lowest BCUT2D eigenvalue weighted by molar-refractivity contribution is 0.0757. The van der Waals surface area contributed by atoms with Crippen molar-refractivity contribution in [1.29, 1.82) is 0 Å². The lowest BCUT2D eigenvalue weighted by atomic mass is 9.72. The Kier molecular flexibility index (Phi) is 8.09. The molecule has 2 saturated carbocycles. The zero-order valence-corrected chi connectivity index (χ0v) is 34.4. The van der Waals surface area contributed by atoms with Crippen LogP contribution >= 0.6 is 11.8 Å². The van der Waals surface area contributed by atoms with E-state index in [-0.39, 0.29) is 10.3 Å². The molecule has 4 heteroatoms. The number of fused-ring (bicyclic) bond motifs is 12. The standard InChI is InChI=1S/C52H55NO2S/c1-33(2)52(34(3)4)54-45-29-42-43(30-46(45)56-52)49-41(48-47(42)40-19-11-12-20-44(40)50(48)31-35-15-9-10-16-36(35)32-50)25-26-51(55-49,37-17-7-5-8-18-37)38-21-23-39(24-22-38)53-27-13-6-14-28-53/h5,7-8,11-12,17-26,29-30,33-36H,6,9-10,13-16,27-28,31-32H2,1-4H3. The van der Waals surface area contributed by atoms with Gasteiger partial charge in [0.05, 0.1) is 4.90 Å². The van der Waals surface area contributed by atoms with Gasteiger partial charge in [-0.1, -0.05) is 138 Å². The summed E-state index contributed by atoms with van der Waals surface area (Å²) in [6, 6.07) is 34.6. The monoisotopic (exact) mass is 757 g/mol. The van der Waals surface area contributed by atoms with Gasteiger partial charge in [0.25, 0.3) is 0 Å². The third kappa shape index (κ3) is 4.96. The zero-order chi connectivity index (χ0) is 37.8. The van der Waals surface area contributed by atoms with Crippen molar-refractivity contribution in [1.82, 2.24) is 0 Å². The van der Waals surface area contributed by atoms with Gasteiger partial charge in [-0.3, -0.25) is 0 Å². The first-order valence-corrected chi connectivity index (χ1v) is 22.6. The van der Waals surface area contributed by atoms with E-state index in [9.17, 15) is 0 Å². The second-order valence-electron chi connectivity index (χ2n) is 18.5. The van der Waals surface area contributed by atoms with Crippen molar-refractivity contribution in [3.05, 3.63) is 125 Å². The molecule has 286 valence electrons. The topological polar surface area (TPSA) is 21.7 Å². The molecular weight excluding hydrogens is 703 g/mol. The fraction of sp³-hybridized carbons (Fsp3) is 0.423. The largest absolute Gasteiger partial charge is 0.475 e. The fourth-order valence-corrected chi connectivity index (χ4v) is 13.6. The van der Waals surface area contributed by atoms with Crippen molar-refractivity contribution in [2.75, 3.05) is 18.0 Å². The van der Waals surface area contributed by atoms with Crippen molar-refractivity contribution >= 4 is 34.3 Å². The molecule has 3 unspecified atom stereocenters. The van der Waals surface area contributed by atoms with Crippen molar-refractivity contribution in [3.63, 3.8) is 0 Å². The van der Waals surface area contributed by atoms with Gasteiger partial charge >= 0.3 is 0 Å². The Morgan fingerprint density at radius 2 is 1.38 bits per heavy atom. The average molecular weight is 758 g/mol. The molecule has 3 aliphatic heterocycles. The molecule has 1 spiro atoms. The molecule has 3 heterocycles. The Hall–Kier alpha value is -4.15. The third-order valence-corrected chi connectivity index (χ3v) is 16.8. The molecule has 3 fully saturated rings. The van der Waals surface area contributed by atoms with Gasteiger partial charge < -0.3 is 14.4 Å². The van der Waals surface area contributed by atoms with Gasteiger partial charge in [-0.25, -0.2) is 0 Å². The van der Waals surface area contributed by atoms with Crippen LogP contribution in [0.5, 0.6) is 11.5 Å². The molecule has 0 aromatic heterocycles. The summed E-state index contributed by atoms with van der Waals surface area (Å²) in [5.41, 5.74) is 10.0. The average Bonchev–Trinajstić information content (AvgIpc) is 3.91. The minimum absolute atomic E-state index is 0.0192. The smallest absolute Gasteiger partial charge is 0.178 e. The predicted molar refractivity (Wildman–Crippen MR) is 233 cm³/mol. The van der Waals surface area contributed by atoms with Crippen molar-refractivity contribution in [2.24, 2.45) is 23.7 Å². The highest BCUT2D eigenvalue weighted by Crippen LogP contribution is 2.67. The van der Waals surface area contributed by atoms with Crippen LogP contribution in [-0.4, -0.2) is 18.0 Å². The highest BCUT2D eigenvalue weighted by atomic mass is 32.2. The fourth-order valence-electron chi connectivity index (χ4n) is 12.3. The molecule has 0 radical (unpaired) electrons.